The average molecular weight is 481 g/mol. The molecule has 186 valence electrons. The first kappa shape index (κ1) is 22.8. The van der Waals surface area contributed by atoms with Crippen LogP contribution in [-0.4, -0.2) is 26.1 Å². The maximum atomic E-state index is 11.0. The lowest BCUT2D eigenvalue weighted by molar-refractivity contribution is 0.463. The molecule has 8 bridgehead atoms. The zero-order chi connectivity index (χ0) is 25.5. The Hall–Kier alpha value is -3.60. The molecule has 6 rings (SSSR count). The van der Waals surface area contributed by atoms with E-state index in [-0.39, 0.29) is 6.04 Å². The molecule has 1 unspecified atom stereocenters. The number of hydrogen-bond acceptors (Lipinski definition) is 2. The van der Waals surface area contributed by atoms with Crippen LogP contribution in [0.5, 0.6) is 0 Å². The number of aromatic amines is 3. The molecule has 0 radical (unpaired) electrons. The maximum absolute atomic E-state index is 11.0. The summed E-state index contributed by atoms with van der Waals surface area (Å²) in [6, 6.07) is 0.166. The number of aliphatic hydroxyl groups excluding tert-OH is 1. The van der Waals surface area contributed by atoms with Crippen molar-refractivity contribution in [2.45, 2.75) is 60.4 Å². The molecule has 3 atom stereocenters. The largest absolute Gasteiger partial charge is 0.511 e. The Morgan fingerprint density at radius 2 is 1.67 bits per heavy atom. The molecule has 36 heavy (non-hydrogen) atoms. The molecular formula is C31H36N4O. The zero-order valence-corrected chi connectivity index (χ0v) is 22.1. The van der Waals surface area contributed by atoms with E-state index in [4.69, 9.17) is 0 Å². The third kappa shape index (κ3) is 3.08. The fourth-order valence-electron chi connectivity index (χ4n) is 6.59. The standard InChI is InChI=1S/C31H36N4O/c1-8-19-16(5)23-11-22-14(3)15(4)30(34-22)21-10-28(36)29-18(7)25(35-31(21)29)13-27-20(9-2)17(6)24(33-27)12-26(19)32-23/h8,11-15,30,32-36H,1,9-10H2,2-7H3/b22-11-,24-12-,27-13-/t14-,15-,30?/m0/s1. The van der Waals surface area contributed by atoms with Crippen molar-refractivity contribution in [1.82, 2.24) is 20.3 Å². The summed E-state index contributed by atoms with van der Waals surface area (Å²) in [6.07, 6.45) is 10.2. The molecule has 5 heteroatoms. The van der Waals surface area contributed by atoms with Crippen molar-refractivity contribution in [2.75, 3.05) is 0 Å². The Labute approximate surface area is 211 Å². The first-order chi connectivity index (χ1) is 17.2. The van der Waals surface area contributed by atoms with E-state index in [1.165, 1.54) is 28.0 Å². The van der Waals surface area contributed by atoms with Crippen LogP contribution in [0, 0.1) is 32.6 Å². The second-order valence-corrected chi connectivity index (χ2v) is 10.8. The summed E-state index contributed by atoms with van der Waals surface area (Å²) in [5.74, 6) is 1.24. The number of allylic oxidation sites excluding steroid dienone is 1. The van der Waals surface area contributed by atoms with E-state index in [2.05, 4.69) is 86.6 Å². The molecule has 0 amide bonds. The Morgan fingerprint density at radius 3 is 2.39 bits per heavy atom. The fraction of sp³-hybridized carbons (Fsp3) is 0.355. The number of rotatable bonds is 2. The molecule has 1 fully saturated rings. The number of aromatic nitrogens is 3. The second kappa shape index (κ2) is 7.95. The first-order valence-electron chi connectivity index (χ1n) is 13.1. The molecule has 2 aliphatic heterocycles. The van der Waals surface area contributed by atoms with Crippen LogP contribution in [0.2, 0.25) is 0 Å². The normalized spacial score (nSPS) is 25.6. The van der Waals surface area contributed by atoms with Gasteiger partial charge in [0.25, 0.3) is 0 Å². The Morgan fingerprint density at radius 1 is 0.944 bits per heavy atom. The minimum atomic E-state index is 0.166. The average Bonchev–Trinajstić information content (AvgIpc) is 3.58. The third-order valence-electron chi connectivity index (χ3n) is 9.01. The summed E-state index contributed by atoms with van der Waals surface area (Å²) in [7, 11) is 0. The van der Waals surface area contributed by atoms with Gasteiger partial charge in [-0.25, -0.2) is 0 Å². The highest BCUT2D eigenvalue weighted by molar-refractivity contribution is 5.73. The number of hydrogen-bond donors (Lipinski definition) is 5. The van der Waals surface area contributed by atoms with Crippen molar-refractivity contribution >= 4 is 35.6 Å². The smallest absolute Gasteiger partial charge is 0.106 e. The highest BCUT2D eigenvalue weighted by atomic mass is 16.3. The molecule has 3 aliphatic rings. The number of aliphatic hydroxyl groups is 1. The number of nitrogens with one attached hydrogen (secondary N) is 4. The summed E-state index contributed by atoms with van der Waals surface area (Å²) in [6.45, 7) is 17.4. The lowest BCUT2D eigenvalue weighted by Crippen LogP contribution is -2.33. The van der Waals surface area contributed by atoms with Crippen LogP contribution in [0.25, 0.3) is 35.6 Å². The van der Waals surface area contributed by atoms with Crippen molar-refractivity contribution in [3.05, 3.63) is 78.4 Å². The first-order valence-corrected chi connectivity index (χ1v) is 13.1. The molecule has 0 saturated carbocycles. The molecule has 3 aromatic rings. The van der Waals surface area contributed by atoms with Gasteiger partial charge < -0.3 is 25.4 Å². The van der Waals surface area contributed by atoms with E-state index in [1.54, 1.807) is 0 Å². The minimum absolute atomic E-state index is 0.166. The molecule has 5 nitrogen and oxygen atoms in total. The van der Waals surface area contributed by atoms with Crippen molar-refractivity contribution in [3.8, 4) is 0 Å². The number of fused-ring (bicyclic) bond motifs is 8. The van der Waals surface area contributed by atoms with Crippen LogP contribution >= 0.6 is 0 Å². The Kier molecular flexibility index (Phi) is 5.05. The highest BCUT2D eigenvalue weighted by Crippen LogP contribution is 2.37. The topological polar surface area (TPSA) is 79.6 Å². The van der Waals surface area contributed by atoms with Gasteiger partial charge >= 0.3 is 0 Å². The lowest BCUT2D eigenvalue weighted by Gasteiger charge is -2.18. The van der Waals surface area contributed by atoms with E-state index < -0.39 is 0 Å². The van der Waals surface area contributed by atoms with Crippen LogP contribution < -0.4 is 26.6 Å². The van der Waals surface area contributed by atoms with Crippen molar-refractivity contribution < 1.29 is 5.11 Å². The van der Waals surface area contributed by atoms with Gasteiger partial charge in [-0.2, -0.15) is 0 Å². The Balaban J connectivity index is 1.74. The minimum Gasteiger partial charge on any atom is -0.511 e. The summed E-state index contributed by atoms with van der Waals surface area (Å²) < 4.78 is 0. The van der Waals surface area contributed by atoms with Crippen LogP contribution in [-0.2, 0) is 6.42 Å². The molecule has 0 aromatic carbocycles. The summed E-state index contributed by atoms with van der Waals surface area (Å²) in [5, 5.41) is 19.2. The van der Waals surface area contributed by atoms with Gasteiger partial charge in [-0.05, 0) is 79.2 Å². The van der Waals surface area contributed by atoms with Gasteiger partial charge in [0.1, 0.15) is 5.76 Å². The van der Waals surface area contributed by atoms with Gasteiger partial charge in [0.2, 0.25) is 0 Å². The molecule has 1 saturated heterocycles. The lowest BCUT2D eigenvalue weighted by atomic mass is 9.88. The van der Waals surface area contributed by atoms with Gasteiger partial charge in [0, 0.05) is 56.6 Å². The predicted molar refractivity (Wildman–Crippen MR) is 149 cm³/mol. The van der Waals surface area contributed by atoms with E-state index in [0.29, 0.717) is 24.0 Å². The highest BCUT2D eigenvalue weighted by Gasteiger charge is 2.38. The van der Waals surface area contributed by atoms with E-state index in [1.807, 2.05) is 6.08 Å². The van der Waals surface area contributed by atoms with Crippen molar-refractivity contribution in [1.29, 1.82) is 0 Å². The summed E-state index contributed by atoms with van der Waals surface area (Å²) in [5.41, 5.74) is 11.7. The van der Waals surface area contributed by atoms with E-state index in [0.717, 1.165) is 55.9 Å². The quantitative estimate of drug-likeness (QED) is 0.390. The molecular weight excluding hydrogens is 444 g/mol. The molecule has 5 heterocycles. The van der Waals surface area contributed by atoms with Gasteiger partial charge in [0.05, 0.1) is 11.4 Å². The number of H-pyrrole nitrogens is 3. The fourth-order valence-corrected chi connectivity index (χ4v) is 6.59. The molecule has 1 aliphatic carbocycles. The monoisotopic (exact) mass is 480 g/mol. The molecule has 3 aromatic heterocycles. The summed E-state index contributed by atoms with van der Waals surface area (Å²) in [4.78, 5) is 11.1. The zero-order valence-electron chi connectivity index (χ0n) is 22.1. The van der Waals surface area contributed by atoms with Crippen molar-refractivity contribution in [2.24, 2.45) is 11.8 Å². The van der Waals surface area contributed by atoms with Crippen LogP contribution in [0.4, 0.5) is 0 Å². The van der Waals surface area contributed by atoms with Crippen LogP contribution in [0.15, 0.2) is 12.3 Å². The van der Waals surface area contributed by atoms with Crippen LogP contribution in [0.3, 0.4) is 0 Å². The van der Waals surface area contributed by atoms with Crippen molar-refractivity contribution in [3.63, 3.8) is 0 Å². The maximum Gasteiger partial charge on any atom is 0.106 e. The van der Waals surface area contributed by atoms with Gasteiger partial charge in [-0.3, -0.25) is 0 Å². The SMILES string of the molecule is C=Cc1c2[nH]c(c1C)/C=C1\NC(C3=c4[nH]c(c(C)c4=C(O)C3)/C=c3\[nH]/c(c(C)c3CC)=C\2)[C@@H](C)[C@@H]1C. The Bertz CT molecular complexity index is 1720. The van der Waals surface area contributed by atoms with Gasteiger partial charge in [0.15, 0.2) is 0 Å². The van der Waals surface area contributed by atoms with Crippen LogP contribution in [0.1, 0.15) is 72.1 Å². The summed E-state index contributed by atoms with van der Waals surface area (Å²) >= 11 is 0. The van der Waals surface area contributed by atoms with E-state index >= 15 is 0 Å². The predicted octanol–water partition coefficient (Wildman–Crippen LogP) is 3.28. The third-order valence-corrected chi connectivity index (χ3v) is 9.01. The van der Waals surface area contributed by atoms with E-state index in [9.17, 15) is 5.11 Å². The van der Waals surface area contributed by atoms with Gasteiger partial charge in [-0.1, -0.05) is 33.4 Å². The molecule has 0 spiro atoms. The van der Waals surface area contributed by atoms with Gasteiger partial charge in [-0.15, -0.1) is 0 Å². The second-order valence-electron chi connectivity index (χ2n) is 10.8. The molecule has 5 N–H and O–H groups in total.